The van der Waals surface area contributed by atoms with Crippen molar-refractivity contribution < 1.29 is 8.78 Å². The summed E-state index contributed by atoms with van der Waals surface area (Å²) in [5, 5.41) is 26.3. The number of aromatic nitrogens is 4. The molecule has 5 aromatic rings. The van der Waals surface area contributed by atoms with Gasteiger partial charge in [-0.2, -0.15) is 5.26 Å². The van der Waals surface area contributed by atoms with Crippen molar-refractivity contribution in [3.05, 3.63) is 105 Å². The van der Waals surface area contributed by atoms with Crippen molar-refractivity contribution in [3.8, 4) is 6.07 Å². The Labute approximate surface area is 256 Å². The van der Waals surface area contributed by atoms with E-state index >= 15 is 0 Å². The zero-order chi connectivity index (χ0) is 30.1. The molecule has 218 valence electrons. The number of likely N-dealkylation sites (tertiary alicyclic amines) is 1. The van der Waals surface area contributed by atoms with Gasteiger partial charge in [0.2, 0.25) is 0 Å². The molecule has 1 fully saturated rings. The number of anilines is 3. The van der Waals surface area contributed by atoms with Gasteiger partial charge in [-0.25, -0.2) is 13.5 Å². The number of nitrogens with zero attached hydrogens (tertiary/aromatic N) is 6. The zero-order valence-corrected chi connectivity index (χ0v) is 24.5. The maximum atomic E-state index is 13.9. The Morgan fingerprint density at radius 3 is 2.58 bits per heavy atom. The summed E-state index contributed by atoms with van der Waals surface area (Å²) in [6, 6.07) is 15.8. The van der Waals surface area contributed by atoms with Crippen LogP contribution in [-0.2, 0) is 0 Å². The van der Waals surface area contributed by atoms with Crippen molar-refractivity contribution in [2.45, 2.75) is 25.4 Å². The summed E-state index contributed by atoms with van der Waals surface area (Å²) in [5.41, 5.74) is 3.68. The second-order valence-corrected chi connectivity index (χ2v) is 11.2. The summed E-state index contributed by atoms with van der Waals surface area (Å²) >= 11 is 12.7. The maximum Gasteiger partial charge on any atom is 0.141 e. The lowest BCUT2D eigenvalue weighted by atomic mass is 10.0. The zero-order valence-electron chi connectivity index (χ0n) is 23.0. The van der Waals surface area contributed by atoms with Crippen molar-refractivity contribution in [3.63, 3.8) is 0 Å². The molecule has 3 heterocycles. The van der Waals surface area contributed by atoms with Crippen molar-refractivity contribution in [2.75, 3.05) is 30.3 Å². The van der Waals surface area contributed by atoms with Gasteiger partial charge in [-0.05, 0) is 61.0 Å². The number of nitriles is 1. The first-order valence-corrected chi connectivity index (χ1v) is 14.5. The Hall–Kier alpha value is -4.30. The smallest absolute Gasteiger partial charge is 0.141 e. The summed E-state index contributed by atoms with van der Waals surface area (Å²) < 4.78 is 29.6. The van der Waals surface area contributed by atoms with Gasteiger partial charge in [-0.15, -0.1) is 5.10 Å². The number of hydrogen-bond donors (Lipinski definition) is 2. The normalized spacial score (nSPS) is 15.9. The largest absolute Gasteiger partial charge is 0.373 e. The van der Waals surface area contributed by atoms with Crippen molar-refractivity contribution in [1.29, 1.82) is 5.26 Å². The predicted octanol–water partition coefficient (Wildman–Crippen LogP) is 7.49. The Morgan fingerprint density at radius 1 is 1.07 bits per heavy atom. The van der Waals surface area contributed by atoms with Crippen LogP contribution in [0.25, 0.3) is 10.9 Å². The van der Waals surface area contributed by atoms with Gasteiger partial charge < -0.3 is 15.5 Å². The molecular weight excluding hydrogens is 593 g/mol. The molecule has 1 saturated heterocycles. The number of benzene rings is 3. The minimum absolute atomic E-state index is 0.0579. The van der Waals surface area contributed by atoms with Crippen LogP contribution in [0.15, 0.2) is 67.0 Å². The number of fused-ring (bicyclic) bond motifs is 1. The molecule has 43 heavy (non-hydrogen) atoms. The highest BCUT2D eigenvalue weighted by Crippen LogP contribution is 2.37. The number of pyridine rings is 1. The number of rotatable bonds is 8. The van der Waals surface area contributed by atoms with E-state index in [0.29, 0.717) is 38.7 Å². The molecule has 2 atom stereocenters. The number of halogens is 4. The van der Waals surface area contributed by atoms with Crippen LogP contribution in [0.3, 0.4) is 0 Å². The minimum atomic E-state index is -0.554. The molecule has 0 bridgehead atoms. The monoisotopic (exact) mass is 618 g/mol. The van der Waals surface area contributed by atoms with Crippen molar-refractivity contribution >= 4 is 51.2 Å². The maximum absolute atomic E-state index is 13.9. The van der Waals surface area contributed by atoms with E-state index < -0.39 is 11.9 Å². The highest BCUT2D eigenvalue weighted by molar-refractivity contribution is 6.36. The second kappa shape index (κ2) is 12.1. The topological polar surface area (TPSA) is 94.7 Å². The van der Waals surface area contributed by atoms with E-state index in [9.17, 15) is 14.0 Å². The van der Waals surface area contributed by atoms with Gasteiger partial charge in [0.25, 0.3) is 0 Å². The van der Waals surface area contributed by atoms with Crippen LogP contribution in [-0.4, -0.2) is 44.5 Å². The molecule has 1 aliphatic heterocycles. The Morgan fingerprint density at radius 2 is 1.86 bits per heavy atom. The molecule has 0 aliphatic carbocycles. The van der Waals surface area contributed by atoms with Gasteiger partial charge in [0, 0.05) is 36.0 Å². The van der Waals surface area contributed by atoms with E-state index in [2.05, 4.69) is 43.8 Å². The quantitative estimate of drug-likeness (QED) is 0.186. The molecule has 2 N–H and O–H groups in total. The lowest BCUT2D eigenvalue weighted by Crippen LogP contribution is -2.21. The molecule has 3 aromatic carbocycles. The SMILES string of the molecule is CCN1CC[C@@H](n2cc(C(Nc3cc(Cl)c4ncc(C#N)c(Nc5ccc(F)c(Cl)c5)c4c3)c3ccc(F)cc3)nn2)C1. The van der Waals surface area contributed by atoms with Gasteiger partial charge in [0.15, 0.2) is 0 Å². The third-order valence-corrected chi connectivity index (χ3v) is 8.22. The third-order valence-electron chi connectivity index (χ3n) is 7.64. The lowest BCUT2D eigenvalue weighted by molar-refractivity contribution is 0.334. The van der Waals surface area contributed by atoms with Gasteiger partial charge in [0.05, 0.1) is 45.1 Å². The first kappa shape index (κ1) is 28.8. The van der Waals surface area contributed by atoms with E-state index in [-0.39, 0.29) is 22.4 Å². The lowest BCUT2D eigenvalue weighted by Gasteiger charge is -2.20. The fourth-order valence-corrected chi connectivity index (χ4v) is 5.80. The van der Waals surface area contributed by atoms with Gasteiger partial charge in [-0.1, -0.05) is 47.5 Å². The molecule has 0 saturated carbocycles. The van der Waals surface area contributed by atoms with E-state index in [1.807, 2.05) is 16.9 Å². The fourth-order valence-electron chi connectivity index (χ4n) is 5.35. The van der Waals surface area contributed by atoms with Crippen LogP contribution in [0.4, 0.5) is 25.8 Å². The van der Waals surface area contributed by atoms with Crippen LogP contribution in [0.2, 0.25) is 10.0 Å². The average molecular weight is 620 g/mol. The van der Waals surface area contributed by atoms with Crippen molar-refractivity contribution in [2.24, 2.45) is 0 Å². The molecule has 6 rings (SSSR count). The Kier molecular flexibility index (Phi) is 8.13. The third kappa shape index (κ3) is 5.97. The first-order chi connectivity index (χ1) is 20.8. The summed E-state index contributed by atoms with van der Waals surface area (Å²) in [4.78, 5) is 6.78. The summed E-state index contributed by atoms with van der Waals surface area (Å²) in [5.74, 6) is -0.904. The molecule has 2 aromatic heterocycles. The highest BCUT2D eigenvalue weighted by Gasteiger charge is 2.26. The predicted molar refractivity (Wildman–Crippen MR) is 164 cm³/mol. The van der Waals surface area contributed by atoms with E-state index in [4.69, 9.17) is 23.2 Å². The van der Waals surface area contributed by atoms with Crippen LogP contribution >= 0.6 is 23.2 Å². The average Bonchev–Trinajstić information content (AvgIpc) is 3.69. The minimum Gasteiger partial charge on any atom is -0.373 e. The standard InChI is InChI=1S/C31H26Cl2F2N8/c1-2-42-10-9-23(16-42)43-17-28(40-41-43)30(18-3-5-20(34)6-4-18)39-22-11-24-29(38-21-7-8-27(35)25(32)12-21)19(14-36)15-37-31(24)26(33)13-22/h3-8,11-13,15,17,23,30,39H,2,9-10,16H2,1H3,(H,37,38)/t23-,30?/m1/s1. The van der Waals surface area contributed by atoms with Gasteiger partial charge in [0.1, 0.15) is 23.4 Å². The van der Waals surface area contributed by atoms with Crippen LogP contribution in [0.1, 0.15) is 42.2 Å². The second-order valence-electron chi connectivity index (χ2n) is 10.4. The molecule has 0 spiro atoms. The number of nitrogens with one attached hydrogen (secondary N) is 2. The van der Waals surface area contributed by atoms with Crippen LogP contribution in [0.5, 0.6) is 0 Å². The van der Waals surface area contributed by atoms with Crippen LogP contribution < -0.4 is 10.6 Å². The number of likely N-dealkylation sites (N-methyl/N-ethyl adjacent to an activating group) is 1. The Balaban J connectivity index is 1.40. The highest BCUT2D eigenvalue weighted by atomic mass is 35.5. The molecule has 0 radical (unpaired) electrons. The molecule has 1 unspecified atom stereocenters. The van der Waals surface area contributed by atoms with Gasteiger partial charge >= 0.3 is 0 Å². The fraction of sp³-hybridized carbons (Fsp3) is 0.226. The Bertz CT molecular complexity index is 1840. The van der Waals surface area contributed by atoms with Crippen molar-refractivity contribution in [1.82, 2.24) is 24.9 Å². The molecule has 8 nitrogen and oxygen atoms in total. The van der Waals surface area contributed by atoms with E-state index in [1.54, 1.807) is 18.2 Å². The molecule has 1 aliphatic rings. The summed E-state index contributed by atoms with van der Waals surface area (Å²) in [7, 11) is 0. The van der Waals surface area contributed by atoms with E-state index in [0.717, 1.165) is 31.6 Å². The van der Waals surface area contributed by atoms with E-state index in [1.165, 1.54) is 36.5 Å². The van der Waals surface area contributed by atoms with Crippen LogP contribution in [0, 0.1) is 23.0 Å². The molecule has 0 amide bonds. The first-order valence-electron chi connectivity index (χ1n) is 13.7. The molecule has 12 heteroatoms. The number of hydrogen-bond acceptors (Lipinski definition) is 7. The summed E-state index contributed by atoms with van der Waals surface area (Å²) in [6.45, 7) is 5.03. The molecular formula is C31H26Cl2F2N8. The summed E-state index contributed by atoms with van der Waals surface area (Å²) in [6.07, 6.45) is 4.33. The van der Waals surface area contributed by atoms with Gasteiger partial charge in [-0.3, -0.25) is 4.98 Å².